The highest BCUT2D eigenvalue weighted by molar-refractivity contribution is 9.10. The van der Waals surface area contributed by atoms with Crippen LogP contribution in [0.3, 0.4) is 0 Å². The SMILES string of the molecule is C.C.O=Cc1ccc(Nc2c(F)cccc2F)nc1-c1ccc(F)cc1.O=Cc1ccc(Nc2c(F)cccc2F)nc1Br. The van der Waals surface area contributed by atoms with Crippen molar-refractivity contribution in [2.24, 2.45) is 0 Å². The van der Waals surface area contributed by atoms with Crippen LogP contribution in [0, 0.1) is 29.1 Å². The molecule has 0 saturated carbocycles. The van der Waals surface area contributed by atoms with E-state index >= 15 is 0 Å². The lowest BCUT2D eigenvalue weighted by Gasteiger charge is -2.11. The van der Waals surface area contributed by atoms with Crippen LogP contribution in [0.2, 0.25) is 0 Å². The number of pyridine rings is 2. The maximum Gasteiger partial charge on any atom is 0.152 e. The maximum absolute atomic E-state index is 13.7. The summed E-state index contributed by atoms with van der Waals surface area (Å²) in [5.74, 6) is -2.99. The summed E-state index contributed by atoms with van der Waals surface area (Å²) in [6, 6.07) is 18.3. The van der Waals surface area contributed by atoms with Gasteiger partial charge in [-0.3, -0.25) is 9.59 Å². The standard InChI is InChI=1S/C18H11F3N2O.C12H7BrF2N2O.2CH4/c19-13-7-4-11(5-8-13)17-12(10-24)6-9-16(22-17)23-18-14(20)2-1-3-15(18)21;13-12-7(6-18)4-5-10(17-12)16-11-8(14)2-1-3-9(11)15;;/h1-10H,(H,22,23);1-6H,(H,16,17);2*1H4. The summed E-state index contributed by atoms with van der Waals surface area (Å²) >= 11 is 3.09. The molecular weight excluding hydrogens is 647 g/mol. The first kappa shape index (κ1) is 35.2. The van der Waals surface area contributed by atoms with Gasteiger partial charge in [0.05, 0.1) is 5.69 Å². The lowest BCUT2D eigenvalue weighted by atomic mass is 10.1. The number of aldehydes is 2. The van der Waals surface area contributed by atoms with Gasteiger partial charge in [0.25, 0.3) is 0 Å². The van der Waals surface area contributed by atoms with E-state index in [1.165, 1.54) is 60.7 Å². The van der Waals surface area contributed by atoms with E-state index in [-0.39, 0.29) is 49.1 Å². The first-order chi connectivity index (χ1) is 20.2. The molecule has 5 aromatic rings. The highest BCUT2D eigenvalue weighted by atomic mass is 79.9. The molecule has 6 nitrogen and oxygen atoms in total. The molecule has 0 aliphatic heterocycles. The molecule has 2 aromatic heterocycles. The highest BCUT2D eigenvalue weighted by Gasteiger charge is 2.13. The zero-order valence-corrected chi connectivity index (χ0v) is 22.8. The van der Waals surface area contributed by atoms with Crippen LogP contribution in [-0.4, -0.2) is 22.5 Å². The number of hydrogen-bond acceptors (Lipinski definition) is 6. The number of para-hydroxylation sites is 2. The third-order valence-corrected chi connectivity index (χ3v) is 6.24. The third-order valence-electron chi connectivity index (χ3n) is 5.61. The number of halogens is 6. The second-order valence-electron chi connectivity index (χ2n) is 8.40. The van der Waals surface area contributed by atoms with Crippen molar-refractivity contribution in [2.45, 2.75) is 14.9 Å². The molecule has 44 heavy (non-hydrogen) atoms. The molecule has 3 aromatic carbocycles. The molecule has 0 unspecified atom stereocenters. The van der Waals surface area contributed by atoms with Crippen molar-refractivity contribution in [3.63, 3.8) is 0 Å². The fraction of sp³-hybridized carbons (Fsp3) is 0.0625. The van der Waals surface area contributed by atoms with Gasteiger partial charge in [-0.2, -0.15) is 0 Å². The van der Waals surface area contributed by atoms with Crippen LogP contribution in [0.4, 0.5) is 45.0 Å². The van der Waals surface area contributed by atoms with Crippen molar-refractivity contribution in [3.05, 3.63) is 130 Å². The van der Waals surface area contributed by atoms with E-state index in [1.54, 1.807) is 0 Å². The average Bonchev–Trinajstić information content (AvgIpc) is 2.98. The van der Waals surface area contributed by atoms with Crippen molar-refractivity contribution in [1.29, 1.82) is 0 Å². The second kappa shape index (κ2) is 16.0. The molecule has 0 spiro atoms. The number of rotatable bonds is 7. The minimum Gasteiger partial charge on any atom is -0.335 e. The maximum atomic E-state index is 13.7. The van der Waals surface area contributed by atoms with Crippen molar-refractivity contribution in [2.75, 3.05) is 10.6 Å². The summed E-state index contributed by atoms with van der Waals surface area (Å²) in [6.45, 7) is 0. The first-order valence-corrected chi connectivity index (χ1v) is 12.8. The summed E-state index contributed by atoms with van der Waals surface area (Å²) in [5.41, 5.74) is 0.809. The van der Waals surface area contributed by atoms with Crippen molar-refractivity contribution in [3.8, 4) is 11.3 Å². The smallest absolute Gasteiger partial charge is 0.152 e. The normalized spacial score (nSPS) is 9.86. The molecule has 5 rings (SSSR count). The summed E-state index contributed by atoms with van der Waals surface area (Å²) in [5, 5.41) is 5.09. The predicted molar refractivity (Wildman–Crippen MR) is 165 cm³/mol. The number of carbonyl (C=O) groups excluding carboxylic acids is 2. The molecule has 0 bridgehead atoms. The van der Waals surface area contributed by atoms with E-state index in [2.05, 4.69) is 36.5 Å². The minimum atomic E-state index is -0.764. The van der Waals surface area contributed by atoms with Gasteiger partial charge in [-0.05, 0) is 88.7 Å². The summed E-state index contributed by atoms with van der Waals surface area (Å²) < 4.78 is 67.6. The van der Waals surface area contributed by atoms with Crippen LogP contribution in [0.25, 0.3) is 11.3 Å². The molecule has 2 N–H and O–H groups in total. The fourth-order valence-electron chi connectivity index (χ4n) is 3.57. The highest BCUT2D eigenvalue weighted by Crippen LogP contribution is 2.27. The Kier molecular flexibility index (Phi) is 12.8. The molecule has 0 amide bonds. The molecule has 0 atom stereocenters. The number of nitrogens with zero attached hydrogens (tertiary/aromatic N) is 2. The molecular formula is C32H26BrF5N4O2. The molecule has 228 valence electrons. The van der Waals surface area contributed by atoms with E-state index in [0.717, 1.165) is 24.3 Å². The molecule has 0 saturated heterocycles. The first-order valence-electron chi connectivity index (χ1n) is 12.0. The quantitative estimate of drug-likeness (QED) is 0.102. The Morgan fingerprint density at radius 3 is 1.43 bits per heavy atom. The molecule has 0 radical (unpaired) electrons. The van der Waals surface area contributed by atoms with E-state index in [9.17, 15) is 31.5 Å². The Morgan fingerprint density at radius 2 is 1.00 bits per heavy atom. The zero-order chi connectivity index (χ0) is 30.2. The van der Waals surface area contributed by atoms with Gasteiger partial charge >= 0.3 is 0 Å². The fourth-order valence-corrected chi connectivity index (χ4v) is 3.98. The molecule has 2 heterocycles. The van der Waals surface area contributed by atoms with Gasteiger partial charge in [0.1, 0.15) is 56.7 Å². The Hall–Kier alpha value is -4.97. The average molecular weight is 673 g/mol. The van der Waals surface area contributed by atoms with E-state index in [0.29, 0.717) is 28.3 Å². The van der Waals surface area contributed by atoms with Gasteiger partial charge in [-0.1, -0.05) is 27.0 Å². The number of benzene rings is 3. The molecule has 0 aliphatic rings. The Morgan fingerprint density at radius 1 is 0.568 bits per heavy atom. The zero-order valence-electron chi connectivity index (χ0n) is 21.2. The van der Waals surface area contributed by atoms with E-state index in [1.807, 2.05) is 0 Å². The number of nitrogens with one attached hydrogen (secondary N) is 2. The van der Waals surface area contributed by atoms with Crippen LogP contribution in [0.5, 0.6) is 0 Å². The van der Waals surface area contributed by atoms with Crippen molar-refractivity contribution < 1.29 is 31.5 Å². The summed E-state index contributed by atoms with van der Waals surface area (Å²) in [7, 11) is 0. The van der Waals surface area contributed by atoms with Gasteiger partial charge in [0.15, 0.2) is 12.6 Å². The Bertz CT molecular complexity index is 1710. The van der Waals surface area contributed by atoms with Crippen molar-refractivity contribution >= 4 is 51.5 Å². The van der Waals surface area contributed by atoms with Gasteiger partial charge in [-0.25, -0.2) is 31.9 Å². The molecule has 0 aliphatic carbocycles. The largest absolute Gasteiger partial charge is 0.335 e. The van der Waals surface area contributed by atoms with Crippen LogP contribution in [-0.2, 0) is 0 Å². The Labute approximate surface area is 259 Å². The van der Waals surface area contributed by atoms with Gasteiger partial charge in [0.2, 0.25) is 0 Å². The summed E-state index contributed by atoms with van der Waals surface area (Å²) in [4.78, 5) is 30.0. The number of anilines is 4. The van der Waals surface area contributed by atoms with Crippen LogP contribution < -0.4 is 10.6 Å². The summed E-state index contributed by atoms with van der Waals surface area (Å²) in [6.07, 6.45) is 1.24. The predicted octanol–water partition coefficient (Wildman–Crippen LogP) is 9.67. The van der Waals surface area contributed by atoms with Gasteiger partial charge in [0, 0.05) is 16.7 Å². The number of hydrogen-bond donors (Lipinski definition) is 2. The van der Waals surface area contributed by atoms with Crippen LogP contribution in [0.15, 0.2) is 89.5 Å². The Balaban J connectivity index is 0.000000305. The van der Waals surface area contributed by atoms with Crippen LogP contribution >= 0.6 is 15.9 Å². The molecule has 12 heteroatoms. The van der Waals surface area contributed by atoms with E-state index < -0.39 is 29.1 Å². The lowest BCUT2D eigenvalue weighted by molar-refractivity contribution is 0.111. The number of aromatic nitrogens is 2. The topological polar surface area (TPSA) is 84.0 Å². The number of carbonyl (C=O) groups is 2. The third kappa shape index (κ3) is 8.54. The van der Waals surface area contributed by atoms with Crippen molar-refractivity contribution in [1.82, 2.24) is 9.97 Å². The van der Waals surface area contributed by atoms with E-state index in [4.69, 9.17) is 0 Å². The lowest BCUT2D eigenvalue weighted by Crippen LogP contribution is -2.01. The van der Waals surface area contributed by atoms with Gasteiger partial charge < -0.3 is 10.6 Å². The minimum absolute atomic E-state index is 0. The van der Waals surface area contributed by atoms with Crippen LogP contribution in [0.1, 0.15) is 35.6 Å². The second-order valence-corrected chi connectivity index (χ2v) is 9.15. The van der Waals surface area contributed by atoms with Gasteiger partial charge in [-0.15, -0.1) is 0 Å². The molecule has 0 fully saturated rings. The monoisotopic (exact) mass is 672 g/mol.